The molecule has 2 rings (SSSR count). The van der Waals surface area contributed by atoms with Crippen LogP contribution in [0.2, 0.25) is 0 Å². The van der Waals surface area contributed by atoms with Gasteiger partial charge >= 0.3 is 0 Å². The first-order valence-corrected chi connectivity index (χ1v) is 10.3. The minimum absolute atomic E-state index is 0.474. The van der Waals surface area contributed by atoms with Crippen LogP contribution in [-0.2, 0) is 0 Å². The number of nitrogens with zero attached hydrogens (tertiary/aromatic N) is 3. The number of piperidine rings is 1. The summed E-state index contributed by atoms with van der Waals surface area (Å²) < 4.78 is 0. The smallest absolute Gasteiger partial charge is 0.0507 e. The van der Waals surface area contributed by atoms with E-state index < -0.39 is 0 Å². The van der Waals surface area contributed by atoms with Crippen molar-refractivity contribution in [2.75, 3.05) is 52.5 Å². The average molecular weight is 340 g/mol. The molecule has 0 saturated carbocycles. The number of hydrogen-bond acceptors (Lipinski definition) is 3. The van der Waals surface area contributed by atoms with Crippen molar-refractivity contribution < 1.29 is 0 Å². The number of likely N-dealkylation sites (tertiary alicyclic amines) is 1. The van der Waals surface area contributed by atoms with E-state index in [1.165, 1.54) is 71.7 Å². The zero-order valence-corrected chi connectivity index (χ0v) is 17.8. The Morgan fingerprint density at radius 3 is 1.67 bits per heavy atom. The van der Waals surface area contributed by atoms with E-state index in [4.69, 9.17) is 0 Å². The van der Waals surface area contributed by atoms with E-state index in [0.29, 0.717) is 5.41 Å². The summed E-state index contributed by atoms with van der Waals surface area (Å²) in [6.45, 7) is 26.1. The van der Waals surface area contributed by atoms with Crippen LogP contribution in [0.5, 0.6) is 0 Å². The molecule has 0 aromatic heterocycles. The summed E-state index contributed by atoms with van der Waals surface area (Å²) >= 11 is 0. The second-order valence-electron chi connectivity index (χ2n) is 9.94. The Labute approximate surface area is 152 Å². The summed E-state index contributed by atoms with van der Waals surface area (Å²) in [5, 5.41) is 0. The largest absolute Gasteiger partial charge is 0.301 e. The van der Waals surface area contributed by atoms with Crippen molar-refractivity contribution >= 4 is 0 Å². The van der Waals surface area contributed by atoms with E-state index in [2.05, 4.69) is 63.2 Å². The van der Waals surface area contributed by atoms with E-state index >= 15 is 0 Å². The van der Waals surface area contributed by atoms with Gasteiger partial charge in [-0.1, -0.05) is 48.5 Å². The molecule has 2 heterocycles. The highest BCUT2D eigenvalue weighted by atomic mass is 15.3. The van der Waals surface area contributed by atoms with Gasteiger partial charge in [-0.05, 0) is 56.1 Å². The highest BCUT2D eigenvalue weighted by molar-refractivity contribution is 4.76. The Kier molecular flexibility index (Phi) is 9.84. The maximum Gasteiger partial charge on any atom is 0.0507 e. The Balaban J connectivity index is 0.000000648. The van der Waals surface area contributed by atoms with Crippen molar-refractivity contribution in [3.05, 3.63) is 0 Å². The molecule has 0 aromatic carbocycles. The molecule has 0 bridgehead atoms. The van der Waals surface area contributed by atoms with Gasteiger partial charge in [-0.2, -0.15) is 0 Å². The maximum absolute atomic E-state index is 2.66. The molecule has 0 spiro atoms. The third-order valence-corrected chi connectivity index (χ3v) is 4.92. The normalized spacial score (nSPS) is 22.5. The first kappa shape index (κ1) is 21.9. The summed E-state index contributed by atoms with van der Waals surface area (Å²) in [7, 11) is 0. The van der Waals surface area contributed by atoms with E-state index in [-0.39, 0.29) is 0 Å². The van der Waals surface area contributed by atoms with Crippen molar-refractivity contribution in [1.82, 2.24) is 14.7 Å². The molecular weight excluding hydrogens is 294 g/mol. The summed E-state index contributed by atoms with van der Waals surface area (Å²) in [6, 6.07) is 0. The summed E-state index contributed by atoms with van der Waals surface area (Å²) in [6.07, 6.45) is 4.11. The van der Waals surface area contributed by atoms with Crippen molar-refractivity contribution in [2.45, 2.75) is 67.7 Å². The zero-order chi connectivity index (χ0) is 18.2. The van der Waals surface area contributed by atoms with Gasteiger partial charge in [0.15, 0.2) is 0 Å². The lowest BCUT2D eigenvalue weighted by Gasteiger charge is -2.40. The van der Waals surface area contributed by atoms with Gasteiger partial charge in [0.1, 0.15) is 0 Å². The Hall–Kier alpha value is -0.120. The highest BCUT2D eigenvalue weighted by Crippen LogP contribution is 2.20. The van der Waals surface area contributed by atoms with Crippen LogP contribution in [0, 0.1) is 17.3 Å². The van der Waals surface area contributed by atoms with E-state index in [1.807, 2.05) is 0 Å². The molecule has 144 valence electrons. The van der Waals surface area contributed by atoms with Crippen LogP contribution >= 0.6 is 0 Å². The Morgan fingerprint density at radius 1 is 0.792 bits per heavy atom. The predicted octanol–water partition coefficient (Wildman–Crippen LogP) is 4.39. The third kappa shape index (κ3) is 10.7. The van der Waals surface area contributed by atoms with Gasteiger partial charge in [0.2, 0.25) is 0 Å². The average Bonchev–Trinajstić information content (AvgIpc) is 2.48. The molecule has 3 heteroatoms. The second kappa shape index (κ2) is 10.8. The van der Waals surface area contributed by atoms with Crippen molar-refractivity contribution in [3.8, 4) is 0 Å². The molecular formula is C21H45N3. The molecule has 0 unspecified atom stereocenters. The molecule has 0 N–H and O–H groups in total. The van der Waals surface area contributed by atoms with Crippen LogP contribution in [0.25, 0.3) is 0 Å². The molecule has 0 radical (unpaired) electrons. The molecule has 3 nitrogen and oxygen atoms in total. The standard InChI is InChI=1S/C17H35N3.C4H10/c1-16-5-8-19(9-6-16)15-20-13-11-18(12-14-20)10-7-17(2,3)4;1-4(2)3/h16H,5-15H2,1-4H3;4H,1-3H3. The Morgan fingerprint density at radius 2 is 1.21 bits per heavy atom. The molecule has 2 saturated heterocycles. The maximum atomic E-state index is 2.66. The third-order valence-electron chi connectivity index (χ3n) is 4.92. The molecule has 2 aliphatic heterocycles. The lowest BCUT2D eigenvalue weighted by molar-refractivity contribution is 0.0544. The van der Waals surface area contributed by atoms with Crippen LogP contribution in [0.4, 0.5) is 0 Å². The van der Waals surface area contributed by atoms with Crippen molar-refractivity contribution in [3.63, 3.8) is 0 Å². The topological polar surface area (TPSA) is 9.72 Å². The van der Waals surface area contributed by atoms with Gasteiger partial charge in [0.05, 0.1) is 6.67 Å². The second-order valence-corrected chi connectivity index (χ2v) is 9.94. The van der Waals surface area contributed by atoms with Crippen LogP contribution in [-0.4, -0.2) is 67.2 Å². The molecule has 0 aliphatic carbocycles. The fraction of sp³-hybridized carbons (Fsp3) is 1.00. The number of rotatable bonds is 4. The molecule has 2 aliphatic rings. The zero-order valence-electron chi connectivity index (χ0n) is 17.8. The minimum Gasteiger partial charge on any atom is -0.301 e. The van der Waals surface area contributed by atoms with Crippen LogP contribution < -0.4 is 0 Å². The molecule has 0 amide bonds. The van der Waals surface area contributed by atoms with Crippen LogP contribution in [0.3, 0.4) is 0 Å². The van der Waals surface area contributed by atoms with Crippen LogP contribution in [0.15, 0.2) is 0 Å². The van der Waals surface area contributed by atoms with Crippen LogP contribution in [0.1, 0.15) is 67.7 Å². The van der Waals surface area contributed by atoms with E-state index in [1.54, 1.807) is 0 Å². The SMILES string of the molecule is CC(C)C.CC1CCN(CN2CCN(CCC(C)(C)C)CC2)CC1. The number of piperazine rings is 1. The van der Waals surface area contributed by atoms with Gasteiger partial charge in [-0.15, -0.1) is 0 Å². The summed E-state index contributed by atoms with van der Waals surface area (Å²) in [5.41, 5.74) is 0.474. The van der Waals surface area contributed by atoms with Gasteiger partial charge in [0.25, 0.3) is 0 Å². The quantitative estimate of drug-likeness (QED) is 0.752. The minimum atomic E-state index is 0.474. The first-order chi connectivity index (χ1) is 11.2. The fourth-order valence-electron chi connectivity index (χ4n) is 3.13. The summed E-state index contributed by atoms with van der Waals surface area (Å²) in [5.74, 6) is 1.78. The molecule has 0 atom stereocenters. The van der Waals surface area contributed by atoms with Gasteiger partial charge in [-0.25, -0.2) is 0 Å². The molecule has 2 fully saturated rings. The molecule has 0 aromatic rings. The van der Waals surface area contributed by atoms with Crippen molar-refractivity contribution in [1.29, 1.82) is 0 Å². The lowest BCUT2D eigenvalue weighted by Crippen LogP contribution is -2.51. The summed E-state index contributed by atoms with van der Waals surface area (Å²) in [4.78, 5) is 7.97. The Bertz CT molecular complexity index is 303. The van der Waals surface area contributed by atoms with Gasteiger partial charge in [0, 0.05) is 26.2 Å². The van der Waals surface area contributed by atoms with E-state index in [0.717, 1.165) is 11.8 Å². The number of hydrogen-bond donors (Lipinski definition) is 0. The van der Waals surface area contributed by atoms with Gasteiger partial charge < -0.3 is 4.90 Å². The molecule has 24 heavy (non-hydrogen) atoms. The fourth-order valence-corrected chi connectivity index (χ4v) is 3.13. The predicted molar refractivity (Wildman–Crippen MR) is 107 cm³/mol. The van der Waals surface area contributed by atoms with Gasteiger partial charge in [-0.3, -0.25) is 9.80 Å². The van der Waals surface area contributed by atoms with Crippen molar-refractivity contribution in [2.24, 2.45) is 17.3 Å². The highest BCUT2D eigenvalue weighted by Gasteiger charge is 2.22. The van der Waals surface area contributed by atoms with E-state index in [9.17, 15) is 0 Å². The first-order valence-electron chi connectivity index (χ1n) is 10.3. The monoisotopic (exact) mass is 339 g/mol. The lowest BCUT2D eigenvalue weighted by atomic mass is 9.92.